The number of carbonyl (C=O) groups excluding carboxylic acids is 1. The largest absolute Gasteiger partial charge is 0.497 e. The maximum Gasteiger partial charge on any atom is 0.251 e. The van der Waals surface area contributed by atoms with Gasteiger partial charge in [0.05, 0.1) is 7.11 Å². The van der Waals surface area contributed by atoms with E-state index in [4.69, 9.17) is 4.74 Å². The van der Waals surface area contributed by atoms with Crippen LogP contribution in [0.15, 0.2) is 85.1 Å². The molecule has 160 valence electrons. The predicted octanol–water partition coefficient (Wildman–Crippen LogP) is 5.13. The molecule has 3 aromatic carbocycles. The van der Waals surface area contributed by atoms with Crippen molar-refractivity contribution in [2.45, 2.75) is 13.5 Å². The summed E-state index contributed by atoms with van der Waals surface area (Å²) in [5.41, 5.74) is 4.55. The molecule has 6 nitrogen and oxygen atoms in total. The zero-order valence-electron chi connectivity index (χ0n) is 18.0. The van der Waals surface area contributed by atoms with E-state index in [1.54, 1.807) is 25.4 Å². The molecule has 0 unspecified atom stereocenters. The molecule has 0 aliphatic rings. The number of nitrogens with one attached hydrogen (secondary N) is 2. The van der Waals surface area contributed by atoms with E-state index in [9.17, 15) is 4.79 Å². The van der Waals surface area contributed by atoms with Gasteiger partial charge in [0.25, 0.3) is 5.91 Å². The van der Waals surface area contributed by atoms with Gasteiger partial charge in [-0.25, -0.2) is 9.97 Å². The normalized spacial score (nSPS) is 10.4. The summed E-state index contributed by atoms with van der Waals surface area (Å²) < 4.78 is 5.22. The fourth-order valence-electron chi connectivity index (χ4n) is 3.19. The Morgan fingerprint density at radius 3 is 2.50 bits per heavy atom. The highest BCUT2D eigenvalue weighted by Crippen LogP contribution is 2.20. The van der Waals surface area contributed by atoms with E-state index in [2.05, 4.69) is 20.6 Å². The standard InChI is InChI=1S/C26H24N4O2/c1-18-6-8-20(9-7-18)25-27-15-14-24(30-25)29-22-12-10-21(11-13-22)26(31)28-17-19-4-3-5-23(16-19)32-2/h3-16H,17H2,1-2H3,(H,28,31)(H,27,29,30). The Bertz CT molecular complexity index is 1210. The topological polar surface area (TPSA) is 76.1 Å². The van der Waals surface area contributed by atoms with Gasteiger partial charge in [0.2, 0.25) is 0 Å². The highest BCUT2D eigenvalue weighted by atomic mass is 16.5. The van der Waals surface area contributed by atoms with Crippen LogP contribution in [0.25, 0.3) is 11.4 Å². The van der Waals surface area contributed by atoms with Crippen molar-refractivity contribution in [3.05, 3.63) is 102 Å². The van der Waals surface area contributed by atoms with Crippen LogP contribution in [0.2, 0.25) is 0 Å². The van der Waals surface area contributed by atoms with E-state index >= 15 is 0 Å². The molecular formula is C26H24N4O2. The van der Waals surface area contributed by atoms with Crippen LogP contribution in [0.5, 0.6) is 5.75 Å². The molecule has 1 aromatic heterocycles. The zero-order chi connectivity index (χ0) is 22.3. The number of anilines is 2. The van der Waals surface area contributed by atoms with Crippen LogP contribution in [0.3, 0.4) is 0 Å². The third kappa shape index (κ3) is 5.29. The number of rotatable bonds is 7. The maximum absolute atomic E-state index is 12.5. The van der Waals surface area contributed by atoms with E-state index in [-0.39, 0.29) is 5.91 Å². The van der Waals surface area contributed by atoms with Crippen LogP contribution in [-0.4, -0.2) is 23.0 Å². The summed E-state index contributed by atoms with van der Waals surface area (Å²) in [5.74, 6) is 1.97. The van der Waals surface area contributed by atoms with Crippen LogP contribution in [0.4, 0.5) is 11.5 Å². The molecular weight excluding hydrogens is 400 g/mol. The molecule has 32 heavy (non-hydrogen) atoms. The van der Waals surface area contributed by atoms with Gasteiger partial charge in [-0.2, -0.15) is 0 Å². The van der Waals surface area contributed by atoms with Crippen molar-refractivity contribution in [3.8, 4) is 17.1 Å². The average Bonchev–Trinajstić information content (AvgIpc) is 2.84. The summed E-state index contributed by atoms with van der Waals surface area (Å²) in [6.45, 7) is 2.48. The molecule has 0 saturated carbocycles. The minimum atomic E-state index is -0.136. The maximum atomic E-state index is 12.5. The lowest BCUT2D eigenvalue weighted by Crippen LogP contribution is -2.22. The Morgan fingerprint density at radius 2 is 1.75 bits per heavy atom. The first kappa shape index (κ1) is 21.1. The molecule has 0 radical (unpaired) electrons. The first-order valence-electron chi connectivity index (χ1n) is 10.3. The van der Waals surface area contributed by atoms with Crippen molar-refractivity contribution in [2.75, 3.05) is 12.4 Å². The van der Waals surface area contributed by atoms with Crippen LogP contribution in [-0.2, 0) is 6.54 Å². The number of aryl methyl sites for hydroxylation is 1. The smallest absolute Gasteiger partial charge is 0.251 e. The number of hydrogen-bond acceptors (Lipinski definition) is 5. The predicted molar refractivity (Wildman–Crippen MR) is 126 cm³/mol. The summed E-state index contributed by atoms with van der Waals surface area (Å²) in [6, 6.07) is 24.8. The molecule has 4 rings (SSSR count). The zero-order valence-corrected chi connectivity index (χ0v) is 18.0. The van der Waals surface area contributed by atoms with E-state index < -0.39 is 0 Å². The number of benzene rings is 3. The van der Waals surface area contributed by atoms with Gasteiger partial charge in [-0.15, -0.1) is 0 Å². The van der Waals surface area contributed by atoms with Crippen molar-refractivity contribution in [3.63, 3.8) is 0 Å². The Labute approximate surface area is 187 Å². The Hall–Kier alpha value is -4.19. The third-order valence-corrected chi connectivity index (χ3v) is 4.97. The van der Waals surface area contributed by atoms with Gasteiger partial charge in [-0.05, 0) is 55.0 Å². The van der Waals surface area contributed by atoms with Gasteiger partial charge >= 0.3 is 0 Å². The Kier molecular flexibility index (Phi) is 6.41. The SMILES string of the molecule is COc1cccc(CNC(=O)c2ccc(Nc3ccnc(-c4ccc(C)cc4)n3)cc2)c1. The van der Waals surface area contributed by atoms with Crippen molar-refractivity contribution >= 4 is 17.4 Å². The number of amides is 1. The molecule has 1 amide bonds. The van der Waals surface area contributed by atoms with Gasteiger partial charge in [0, 0.05) is 29.6 Å². The van der Waals surface area contributed by atoms with Gasteiger partial charge in [0.15, 0.2) is 5.82 Å². The van der Waals surface area contributed by atoms with Gasteiger partial charge < -0.3 is 15.4 Å². The van der Waals surface area contributed by atoms with Gasteiger partial charge in [-0.3, -0.25) is 4.79 Å². The molecule has 0 bridgehead atoms. The molecule has 0 atom stereocenters. The van der Waals surface area contributed by atoms with Crippen LogP contribution in [0, 0.1) is 6.92 Å². The minimum absolute atomic E-state index is 0.136. The van der Waals surface area contributed by atoms with Crippen LogP contribution in [0.1, 0.15) is 21.5 Å². The lowest BCUT2D eigenvalue weighted by Gasteiger charge is -2.09. The molecule has 6 heteroatoms. The Balaban J connectivity index is 1.39. The highest BCUT2D eigenvalue weighted by molar-refractivity contribution is 5.94. The van der Waals surface area contributed by atoms with E-state index in [1.165, 1.54) is 5.56 Å². The number of nitrogens with zero attached hydrogens (tertiary/aromatic N) is 2. The first-order valence-corrected chi connectivity index (χ1v) is 10.3. The lowest BCUT2D eigenvalue weighted by atomic mass is 10.1. The van der Waals surface area contributed by atoms with Crippen molar-refractivity contribution < 1.29 is 9.53 Å². The molecule has 1 heterocycles. The van der Waals surface area contributed by atoms with Gasteiger partial charge in [-0.1, -0.05) is 42.0 Å². The van der Waals surface area contributed by atoms with Crippen LogP contribution >= 0.6 is 0 Å². The van der Waals surface area contributed by atoms with Crippen molar-refractivity contribution in [1.82, 2.24) is 15.3 Å². The summed E-state index contributed by atoms with van der Waals surface area (Å²) in [5, 5.41) is 6.20. The quantitative estimate of drug-likeness (QED) is 0.430. The summed E-state index contributed by atoms with van der Waals surface area (Å²) in [6.07, 6.45) is 1.73. The highest BCUT2D eigenvalue weighted by Gasteiger charge is 2.07. The average molecular weight is 425 g/mol. The fraction of sp³-hybridized carbons (Fsp3) is 0.115. The summed E-state index contributed by atoms with van der Waals surface area (Å²) in [7, 11) is 1.62. The van der Waals surface area contributed by atoms with Gasteiger partial charge in [0.1, 0.15) is 11.6 Å². The molecule has 0 spiro atoms. The number of aromatic nitrogens is 2. The molecule has 2 N–H and O–H groups in total. The Morgan fingerprint density at radius 1 is 0.969 bits per heavy atom. The second-order valence-electron chi connectivity index (χ2n) is 7.37. The van der Waals surface area contributed by atoms with E-state index in [1.807, 2.05) is 73.7 Å². The van der Waals surface area contributed by atoms with Crippen molar-refractivity contribution in [2.24, 2.45) is 0 Å². The molecule has 0 aliphatic heterocycles. The number of ether oxygens (including phenoxy) is 1. The van der Waals surface area contributed by atoms with E-state index in [0.29, 0.717) is 23.8 Å². The fourth-order valence-corrected chi connectivity index (χ4v) is 3.19. The monoisotopic (exact) mass is 424 g/mol. The van der Waals surface area contributed by atoms with Crippen molar-refractivity contribution in [1.29, 1.82) is 0 Å². The number of carbonyl (C=O) groups is 1. The second-order valence-corrected chi connectivity index (χ2v) is 7.37. The first-order chi connectivity index (χ1) is 15.6. The molecule has 0 aliphatic carbocycles. The summed E-state index contributed by atoms with van der Waals surface area (Å²) in [4.78, 5) is 21.4. The van der Waals surface area contributed by atoms with Crippen LogP contribution < -0.4 is 15.4 Å². The number of methoxy groups -OCH3 is 1. The third-order valence-electron chi connectivity index (χ3n) is 4.97. The molecule has 4 aromatic rings. The number of hydrogen-bond donors (Lipinski definition) is 2. The molecule has 0 saturated heterocycles. The lowest BCUT2D eigenvalue weighted by molar-refractivity contribution is 0.0951. The second kappa shape index (κ2) is 9.75. The van der Waals surface area contributed by atoms with E-state index in [0.717, 1.165) is 22.6 Å². The molecule has 0 fully saturated rings. The minimum Gasteiger partial charge on any atom is -0.497 e. The summed E-state index contributed by atoms with van der Waals surface area (Å²) >= 11 is 0.